The van der Waals surface area contributed by atoms with Gasteiger partial charge in [-0.3, -0.25) is 16.3 Å². The van der Waals surface area contributed by atoms with E-state index in [1.807, 2.05) is 12.3 Å². The van der Waals surface area contributed by atoms with Crippen molar-refractivity contribution in [1.82, 2.24) is 10.4 Å². The highest BCUT2D eigenvalue weighted by atomic mass is 15.2. The SMILES string of the molecule is CC(CNN)c1cccnc1. The Morgan fingerprint density at radius 3 is 3.09 bits per heavy atom. The minimum absolute atomic E-state index is 0.425. The van der Waals surface area contributed by atoms with Crippen molar-refractivity contribution in [3.05, 3.63) is 30.1 Å². The van der Waals surface area contributed by atoms with Crippen LogP contribution in [0.4, 0.5) is 0 Å². The van der Waals surface area contributed by atoms with E-state index < -0.39 is 0 Å². The highest BCUT2D eigenvalue weighted by molar-refractivity contribution is 5.13. The maximum atomic E-state index is 5.20. The molecule has 0 bridgehead atoms. The number of hydrazine groups is 1. The van der Waals surface area contributed by atoms with E-state index in [0.29, 0.717) is 5.92 Å². The molecule has 1 rings (SSSR count). The third kappa shape index (κ3) is 2.29. The largest absolute Gasteiger partial charge is 0.271 e. The van der Waals surface area contributed by atoms with Gasteiger partial charge >= 0.3 is 0 Å². The summed E-state index contributed by atoms with van der Waals surface area (Å²) in [5.41, 5.74) is 3.85. The van der Waals surface area contributed by atoms with E-state index in [2.05, 4.69) is 23.4 Å². The fourth-order valence-electron chi connectivity index (χ4n) is 0.962. The lowest BCUT2D eigenvalue weighted by Gasteiger charge is -2.08. The molecule has 0 aliphatic heterocycles. The summed E-state index contributed by atoms with van der Waals surface area (Å²) >= 11 is 0. The maximum absolute atomic E-state index is 5.20. The lowest BCUT2D eigenvalue weighted by atomic mass is 10.0. The van der Waals surface area contributed by atoms with E-state index in [4.69, 9.17) is 5.84 Å². The summed E-state index contributed by atoms with van der Waals surface area (Å²) in [6.45, 7) is 2.89. The van der Waals surface area contributed by atoms with Crippen LogP contribution in [0.5, 0.6) is 0 Å². The molecule has 0 saturated heterocycles. The maximum Gasteiger partial charge on any atom is 0.0303 e. The fourth-order valence-corrected chi connectivity index (χ4v) is 0.962. The molecular weight excluding hydrogens is 138 g/mol. The van der Waals surface area contributed by atoms with E-state index in [9.17, 15) is 0 Å². The van der Waals surface area contributed by atoms with Crippen LogP contribution in [0, 0.1) is 0 Å². The van der Waals surface area contributed by atoms with Gasteiger partial charge in [0, 0.05) is 18.9 Å². The lowest BCUT2D eigenvalue weighted by molar-refractivity contribution is 0.638. The van der Waals surface area contributed by atoms with Gasteiger partial charge in [-0.15, -0.1) is 0 Å². The number of nitrogens with one attached hydrogen (secondary N) is 1. The van der Waals surface area contributed by atoms with Crippen LogP contribution in [0.25, 0.3) is 0 Å². The number of nitrogens with zero attached hydrogens (tertiary/aromatic N) is 1. The highest BCUT2D eigenvalue weighted by Gasteiger charge is 2.02. The van der Waals surface area contributed by atoms with Crippen LogP contribution < -0.4 is 11.3 Å². The molecule has 0 saturated carbocycles. The zero-order valence-corrected chi connectivity index (χ0v) is 6.62. The summed E-state index contributed by atoms with van der Waals surface area (Å²) < 4.78 is 0. The first-order valence-electron chi connectivity index (χ1n) is 3.68. The standard InChI is InChI=1S/C8H13N3/c1-7(5-11-9)8-3-2-4-10-6-8/h2-4,6-7,11H,5,9H2,1H3. The molecule has 0 aromatic carbocycles. The average Bonchev–Trinajstić information content (AvgIpc) is 2.07. The molecule has 0 radical (unpaired) electrons. The number of rotatable bonds is 3. The smallest absolute Gasteiger partial charge is 0.0303 e. The Bertz CT molecular complexity index is 198. The predicted molar refractivity (Wildman–Crippen MR) is 44.8 cm³/mol. The molecule has 3 heteroatoms. The van der Waals surface area contributed by atoms with Crippen LogP contribution in [0.15, 0.2) is 24.5 Å². The molecule has 3 N–H and O–H groups in total. The molecule has 0 aliphatic rings. The van der Waals surface area contributed by atoms with Gasteiger partial charge in [0.05, 0.1) is 0 Å². The van der Waals surface area contributed by atoms with Crippen LogP contribution in [-0.2, 0) is 0 Å². The second-order valence-electron chi connectivity index (χ2n) is 2.60. The number of nitrogens with two attached hydrogens (primary N) is 1. The van der Waals surface area contributed by atoms with E-state index in [1.165, 1.54) is 5.56 Å². The van der Waals surface area contributed by atoms with Gasteiger partial charge in [0.25, 0.3) is 0 Å². The van der Waals surface area contributed by atoms with Gasteiger partial charge in [-0.1, -0.05) is 13.0 Å². The fraction of sp³-hybridized carbons (Fsp3) is 0.375. The first-order chi connectivity index (χ1) is 5.34. The lowest BCUT2D eigenvalue weighted by Crippen LogP contribution is -2.26. The van der Waals surface area contributed by atoms with Crippen molar-refractivity contribution in [2.24, 2.45) is 5.84 Å². The summed E-state index contributed by atoms with van der Waals surface area (Å²) in [4.78, 5) is 4.02. The van der Waals surface area contributed by atoms with E-state index in [0.717, 1.165) is 6.54 Å². The van der Waals surface area contributed by atoms with Gasteiger partial charge in [0.15, 0.2) is 0 Å². The Morgan fingerprint density at radius 1 is 1.73 bits per heavy atom. The molecule has 11 heavy (non-hydrogen) atoms. The molecule has 1 atom stereocenters. The summed E-state index contributed by atoms with van der Waals surface area (Å²) in [7, 11) is 0. The monoisotopic (exact) mass is 151 g/mol. The van der Waals surface area contributed by atoms with Crippen LogP contribution in [0.3, 0.4) is 0 Å². The van der Waals surface area contributed by atoms with Gasteiger partial charge in [0.2, 0.25) is 0 Å². The minimum atomic E-state index is 0.425. The predicted octanol–water partition coefficient (Wildman–Crippen LogP) is 0.648. The third-order valence-corrected chi connectivity index (χ3v) is 1.68. The summed E-state index contributed by atoms with van der Waals surface area (Å²) in [6.07, 6.45) is 3.63. The zero-order chi connectivity index (χ0) is 8.10. The van der Waals surface area contributed by atoms with E-state index in [-0.39, 0.29) is 0 Å². The van der Waals surface area contributed by atoms with Crippen molar-refractivity contribution >= 4 is 0 Å². The molecule has 3 nitrogen and oxygen atoms in total. The Morgan fingerprint density at radius 2 is 2.55 bits per heavy atom. The quantitative estimate of drug-likeness (QED) is 0.492. The summed E-state index contributed by atoms with van der Waals surface area (Å²) in [5.74, 6) is 5.62. The summed E-state index contributed by atoms with van der Waals surface area (Å²) in [5, 5.41) is 0. The van der Waals surface area contributed by atoms with Gasteiger partial charge in [-0.2, -0.15) is 0 Å². The van der Waals surface area contributed by atoms with Crippen LogP contribution in [0.2, 0.25) is 0 Å². The van der Waals surface area contributed by atoms with E-state index >= 15 is 0 Å². The average molecular weight is 151 g/mol. The molecule has 1 aromatic heterocycles. The minimum Gasteiger partial charge on any atom is -0.271 e. The molecule has 1 aromatic rings. The van der Waals surface area contributed by atoms with Crippen molar-refractivity contribution in [3.8, 4) is 0 Å². The zero-order valence-electron chi connectivity index (χ0n) is 6.62. The van der Waals surface area contributed by atoms with Crippen molar-refractivity contribution in [3.63, 3.8) is 0 Å². The van der Waals surface area contributed by atoms with E-state index in [1.54, 1.807) is 6.20 Å². The Kier molecular flexibility index (Phi) is 3.01. The molecule has 0 amide bonds. The van der Waals surface area contributed by atoms with Crippen LogP contribution in [-0.4, -0.2) is 11.5 Å². The van der Waals surface area contributed by atoms with Gasteiger partial charge in [0.1, 0.15) is 0 Å². The Balaban J connectivity index is 2.61. The molecule has 1 heterocycles. The summed E-state index contributed by atoms with van der Waals surface area (Å²) in [6, 6.07) is 3.98. The van der Waals surface area contributed by atoms with Gasteiger partial charge in [-0.25, -0.2) is 0 Å². The van der Waals surface area contributed by atoms with Crippen LogP contribution >= 0.6 is 0 Å². The molecule has 0 spiro atoms. The topological polar surface area (TPSA) is 50.9 Å². The van der Waals surface area contributed by atoms with Gasteiger partial charge < -0.3 is 0 Å². The molecule has 60 valence electrons. The molecular formula is C8H13N3. The normalized spacial score (nSPS) is 12.9. The molecule has 1 unspecified atom stereocenters. The van der Waals surface area contributed by atoms with Crippen molar-refractivity contribution in [2.75, 3.05) is 6.54 Å². The number of hydrogen-bond acceptors (Lipinski definition) is 3. The van der Waals surface area contributed by atoms with Crippen molar-refractivity contribution in [2.45, 2.75) is 12.8 Å². The van der Waals surface area contributed by atoms with Crippen molar-refractivity contribution in [1.29, 1.82) is 0 Å². The van der Waals surface area contributed by atoms with Crippen molar-refractivity contribution < 1.29 is 0 Å². The third-order valence-electron chi connectivity index (χ3n) is 1.68. The Labute approximate surface area is 66.6 Å². The second kappa shape index (κ2) is 4.05. The van der Waals surface area contributed by atoms with Crippen LogP contribution in [0.1, 0.15) is 18.4 Å². The Hall–Kier alpha value is -0.930. The second-order valence-corrected chi connectivity index (χ2v) is 2.60. The number of pyridine rings is 1. The number of aromatic nitrogens is 1. The first kappa shape index (κ1) is 8.17. The number of hydrogen-bond donors (Lipinski definition) is 2. The van der Waals surface area contributed by atoms with Gasteiger partial charge in [-0.05, 0) is 17.5 Å². The molecule has 0 aliphatic carbocycles. The first-order valence-corrected chi connectivity index (χ1v) is 3.68. The molecule has 0 fully saturated rings. The highest BCUT2D eigenvalue weighted by Crippen LogP contribution is 2.10.